The van der Waals surface area contributed by atoms with Crippen molar-refractivity contribution in [1.82, 2.24) is 0 Å². The maximum Gasteiger partial charge on any atom is 0.303 e. The van der Waals surface area contributed by atoms with Crippen LogP contribution in [0.15, 0.2) is 84.4 Å². The number of hydrogen-bond acceptors (Lipinski definition) is 5. The van der Waals surface area contributed by atoms with Crippen LogP contribution in [-0.2, 0) is 16.0 Å². The number of phenols is 1. The fourth-order valence-electron chi connectivity index (χ4n) is 2.73. The van der Waals surface area contributed by atoms with Crippen LogP contribution in [0.5, 0.6) is 5.75 Å². The summed E-state index contributed by atoms with van der Waals surface area (Å²) in [4.78, 5) is 33.3. The smallest absolute Gasteiger partial charge is 0.303 e. The van der Waals surface area contributed by atoms with E-state index in [2.05, 4.69) is 0 Å². The number of phenolic OH excluding ortho intramolecular Hbond substituents is 1. The second kappa shape index (κ2) is 12.2. The average Bonchev–Trinajstić information content (AvgIpc) is 2.83. The summed E-state index contributed by atoms with van der Waals surface area (Å²) in [6.07, 6.45) is 1.95. The normalized spacial score (nSPS) is 10.3. The highest BCUT2D eigenvalue weighted by molar-refractivity contribution is 6.08. The molecule has 0 heterocycles. The number of ketones is 1. The Hall–Kier alpha value is -4.70. The summed E-state index contributed by atoms with van der Waals surface area (Å²) < 4.78 is 0. The van der Waals surface area contributed by atoms with Crippen LogP contribution in [0.3, 0.4) is 0 Å². The maximum absolute atomic E-state index is 12.1. The van der Waals surface area contributed by atoms with E-state index in [1.807, 2.05) is 18.2 Å². The van der Waals surface area contributed by atoms with E-state index in [1.165, 1.54) is 18.2 Å². The molecule has 0 aliphatic heterocycles. The lowest BCUT2D eigenvalue weighted by Crippen LogP contribution is -2.12. The highest BCUT2D eigenvalue weighted by Gasteiger charge is 2.08. The van der Waals surface area contributed by atoms with Crippen molar-refractivity contribution < 1.29 is 24.6 Å². The second-order valence-corrected chi connectivity index (χ2v) is 6.91. The third-order valence-electron chi connectivity index (χ3n) is 4.47. The minimum Gasteiger partial charge on any atom is -0.508 e. The molecule has 0 bridgehead atoms. The Kier molecular flexibility index (Phi) is 9.10. The minimum atomic E-state index is -0.815. The van der Waals surface area contributed by atoms with E-state index in [0.717, 1.165) is 5.56 Å². The largest absolute Gasteiger partial charge is 0.508 e. The number of aryl methyl sites for hydroxylation is 1. The van der Waals surface area contributed by atoms with E-state index < -0.39 is 11.9 Å². The van der Waals surface area contributed by atoms with Gasteiger partial charge in [-0.05, 0) is 35.8 Å². The Balaban J connectivity index is 0.000000245. The van der Waals surface area contributed by atoms with Crippen molar-refractivity contribution in [1.29, 1.82) is 5.26 Å². The van der Waals surface area contributed by atoms with Crippen molar-refractivity contribution in [3.05, 3.63) is 107 Å². The van der Waals surface area contributed by atoms with Crippen molar-refractivity contribution in [2.45, 2.75) is 12.8 Å². The first kappa shape index (κ1) is 24.6. The van der Waals surface area contributed by atoms with Gasteiger partial charge in [0, 0.05) is 17.5 Å². The highest BCUT2D eigenvalue weighted by atomic mass is 16.4. The van der Waals surface area contributed by atoms with Gasteiger partial charge < -0.3 is 15.9 Å². The number of aromatic hydroxyl groups is 1. The van der Waals surface area contributed by atoms with E-state index >= 15 is 0 Å². The summed E-state index contributed by atoms with van der Waals surface area (Å²) in [5.74, 6) is -1.48. The summed E-state index contributed by atoms with van der Waals surface area (Å²) in [5.41, 5.74) is 7.66. The number of hydrogen-bond donors (Lipinski definition) is 3. The molecule has 3 aromatic rings. The standard InChI is InChI=1S/C16H14O3.C10H8N2O2/c17-15(18)11-8-12-6-9-14(10-7-12)16(19)13-4-2-1-3-5-13;11-6-8(10(12)14)5-7-1-3-9(13)4-2-7/h1-7,9-10H,8,11H2,(H,17,18);1-5,13H,(H2,12,14)/b;8-5+. The molecular weight excluding hydrogens is 420 g/mol. The van der Waals surface area contributed by atoms with Crippen molar-refractivity contribution >= 4 is 23.7 Å². The zero-order valence-corrected chi connectivity index (χ0v) is 17.6. The molecule has 0 spiro atoms. The molecule has 166 valence electrons. The lowest BCUT2D eigenvalue weighted by molar-refractivity contribution is -0.137. The molecular formula is C26H22N2O5. The average molecular weight is 442 g/mol. The Labute approximate surface area is 191 Å². The van der Waals surface area contributed by atoms with Crippen LogP contribution in [0.25, 0.3) is 6.08 Å². The lowest BCUT2D eigenvalue weighted by atomic mass is 10.0. The first-order chi connectivity index (χ1) is 15.8. The number of carbonyl (C=O) groups is 3. The van der Waals surface area contributed by atoms with Crippen molar-refractivity contribution in [2.24, 2.45) is 5.73 Å². The SMILES string of the molecule is N#C/C(=C\c1ccc(O)cc1)C(N)=O.O=C(O)CCc1ccc(C(=O)c2ccccc2)cc1. The summed E-state index contributed by atoms with van der Waals surface area (Å²) in [6.45, 7) is 0. The van der Waals surface area contributed by atoms with Gasteiger partial charge in [0.25, 0.3) is 5.91 Å². The van der Waals surface area contributed by atoms with Crippen LogP contribution in [0.4, 0.5) is 0 Å². The van der Waals surface area contributed by atoms with Gasteiger partial charge in [-0.15, -0.1) is 0 Å². The van der Waals surface area contributed by atoms with Crippen LogP contribution < -0.4 is 5.73 Å². The number of carbonyl (C=O) groups excluding carboxylic acids is 2. The molecule has 0 aliphatic rings. The van der Waals surface area contributed by atoms with Gasteiger partial charge in [0.2, 0.25) is 0 Å². The third-order valence-corrected chi connectivity index (χ3v) is 4.47. The number of nitrogens with two attached hydrogens (primary N) is 1. The topological polar surface area (TPSA) is 141 Å². The predicted molar refractivity (Wildman–Crippen MR) is 123 cm³/mol. The van der Waals surface area contributed by atoms with Crippen molar-refractivity contribution in [2.75, 3.05) is 0 Å². The number of carboxylic acids is 1. The zero-order chi connectivity index (χ0) is 24.2. The van der Waals surface area contributed by atoms with Crippen molar-refractivity contribution in [3.8, 4) is 11.8 Å². The van der Waals surface area contributed by atoms with Gasteiger partial charge in [0.1, 0.15) is 17.4 Å². The fraction of sp³-hybridized carbons (Fsp3) is 0.0769. The molecule has 3 rings (SSSR count). The Morgan fingerprint density at radius 3 is 1.97 bits per heavy atom. The number of carboxylic acid groups (broad SMARTS) is 1. The molecule has 0 saturated carbocycles. The molecule has 0 aromatic heterocycles. The number of primary amides is 1. The molecule has 0 fully saturated rings. The maximum atomic E-state index is 12.1. The minimum absolute atomic E-state index is 0.0228. The van der Waals surface area contributed by atoms with Crippen molar-refractivity contribution in [3.63, 3.8) is 0 Å². The van der Waals surface area contributed by atoms with Gasteiger partial charge in [-0.1, -0.05) is 66.7 Å². The Bertz CT molecular complexity index is 1180. The van der Waals surface area contributed by atoms with Crippen LogP contribution in [-0.4, -0.2) is 27.9 Å². The molecule has 7 heteroatoms. The van der Waals surface area contributed by atoms with Crippen LogP contribution in [0.1, 0.15) is 33.5 Å². The second-order valence-electron chi connectivity index (χ2n) is 6.91. The Morgan fingerprint density at radius 2 is 1.45 bits per heavy atom. The quantitative estimate of drug-likeness (QED) is 0.289. The third kappa shape index (κ3) is 8.15. The molecule has 3 aromatic carbocycles. The number of amides is 1. The molecule has 0 radical (unpaired) electrons. The number of rotatable bonds is 7. The highest BCUT2D eigenvalue weighted by Crippen LogP contribution is 2.13. The first-order valence-corrected chi connectivity index (χ1v) is 9.91. The van der Waals surface area contributed by atoms with Crippen LogP contribution in [0, 0.1) is 11.3 Å². The summed E-state index contributed by atoms with van der Waals surface area (Å²) >= 11 is 0. The molecule has 0 saturated heterocycles. The molecule has 0 unspecified atom stereocenters. The molecule has 0 aliphatic carbocycles. The fourth-order valence-corrected chi connectivity index (χ4v) is 2.73. The molecule has 1 amide bonds. The number of nitriles is 1. The summed E-state index contributed by atoms with van der Waals surface area (Å²) in [6, 6.07) is 23.9. The van der Waals surface area contributed by atoms with Gasteiger partial charge >= 0.3 is 5.97 Å². The Morgan fingerprint density at radius 1 is 0.879 bits per heavy atom. The van der Waals surface area contributed by atoms with Gasteiger partial charge in [-0.25, -0.2) is 0 Å². The van der Waals surface area contributed by atoms with E-state index in [0.29, 0.717) is 23.1 Å². The van der Waals surface area contributed by atoms with E-state index in [1.54, 1.807) is 54.6 Å². The number of benzene rings is 3. The lowest BCUT2D eigenvalue weighted by Gasteiger charge is -2.03. The number of nitrogens with zero attached hydrogens (tertiary/aromatic N) is 1. The molecule has 33 heavy (non-hydrogen) atoms. The molecule has 7 nitrogen and oxygen atoms in total. The number of aliphatic carboxylic acids is 1. The van der Waals surface area contributed by atoms with Gasteiger partial charge in [-0.3, -0.25) is 14.4 Å². The van der Waals surface area contributed by atoms with E-state index in [9.17, 15) is 14.4 Å². The predicted octanol–water partition coefficient (Wildman–Crippen LogP) is 3.72. The molecule has 0 atom stereocenters. The summed E-state index contributed by atoms with van der Waals surface area (Å²) in [7, 11) is 0. The van der Waals surface area contributed by atoms with Gasteiger partial charge in [0.05, 0.1) is 0 Å². The summed E-state index contributed by atoms with van der Waals surface area (Å²) in [5, 5.41) is 26.1. The van der Waals surface area contributed by atoms with E-state index in [-0.39, 0.29) is 23.5 Å². The van der Waals surface area contributed by atoms with Crippen LogP contribution >= 0.6 is 0 Å². The monoisotopic (exact) mass is 442 g/mol. The first-order valence-electron chi connectivity index (χ1n) is 9.91. The van der Waals surface area contributed by atoms with Gasteiger partial charge in [-0.2, -0.15) is 5.26 Å². The zero-order valence-electron chi connectivity index (χ0n) is 17.6. The van der Waals surface area contributed by atoms with Crippen LogP contribution in [0.2, 0.25) is 0 Å². The van der Waals surface area contributed by atoms with E-state index in [4.69, 9.17) is 21.2 Å². The van der Waals surface area contributed by atoms with Gasteiger partial charge in [0.15, 0.2) is 5.78 Å². The molecule has 4 N–H and O–H groups in total.